The van der Waals surface area contributed by atoms with Gasteiger partial charge in [-0.25, -0.2) is 14.4 Å². The number of thiazole rings is 1. The van der Waals surface area contributed by atoms with Crippen LogP contribution in [0.25, 0.3) is 21.6 Å². The number of hydrogen-bond donors (Lipinski definition) is 1. The van der Waals surface area contributed by atoms with Gasteiger partial charge in [0.1, 0.15) is 33.9 Å². The highest BCUT2D eigenvalue weighted by Crippen LogP contribution is 2.57. The van der Waals surface area contributed by atoms with Crippen LogP contribution in [0.2, 0.25) is 0 Å². The molecule has 11 heteroatoms. The fourth-order valence-corrected chi connectivity index (χ4v) is 7.85. The molecule has 6 rings (SSSR count). The minimum Gasteiger partial charge on any atom is -0.494 e. The first-order valence-corrected chi connectivity index (χ1v) is 17.1. The number of ether oxygens (including phenoxy) is 2. The quantitative estimate of drug-likeness (QED) is 0.287. The van der Waals surface area contributed by atoms with Crippen LogP contribution in [-0.4, -0.2) is 64.4 Å². The lowest BCUT2D eigenvalue weighted by molar-refractivity contribution is -0.147. The molecule has 9 nitrogen and oxygen atoms in total. The number of amides is 1. The predicted molar refractivity (Wildman–Crippen MR) is 176 cm³/mol. The van der Waals surface area contributed by atoms with E-state index in [1.807, 2.05) is 25.3 Å². The number of halogens is 1. The maximum Gasteiger partial charge on any atom is 0.310 e. The summed E-state index contributed by atoms with van der Waals surface area (Å²) < 4.78 is 27.4. The number of fused-ring (bicyclic) bond motifs is 3. The summed E-state index contributed by atoms with van der Waals surface area (Å²) in [5, 5.41) is 13.1. The van der Waals surface area contributed by atoms with Crippen molar-refractivity contribution in [2.24, 2.45) is 23.2 Å². The zero-order valence-electron chi connectivity index (χ0n) is 27.1. The summed E-state index contributed by atoms with van der Waals surface area (Å²) >= 11 is 1.41. The Hall–Kier alpha value is -4.08. The number of carboxylic acids is 1. The number of carbonyl (C=O) groups is 3. The van der Waals surface area contributed by atoms with Crippen molar-refractivity contribution in [3.8, 4) is 22.2 Å². The summed E-state index contributed by atoms with van der Waals surface area (Å²) in [6.45, 7) is 4.64. The second-order valence-electron chi connectivity index (χ2n) is 13.3. The van der Waals surface area contributed by atoms with Gasteiger partial charge in [0, 0.05) is 48.7 Å². The molecule has 0 bridgehead atoms. The summed E-state index contributed by atoms with van der Waals surface area (Å²) in [6.07, 6.45) is 6.31. The molecule has 5 atom stereocenters. The summed E-state index contributed by atoms with van der Waals surface area (Å²) in [5.41, 5.74) is 3.37. The third-order valence-corrected chi connectivity index (χ3v) is 10.8. The second kappa shape index (κ2) is 13.2. The van der Waals surface area contributed by atoms with E-state index >= 15 is 4.39 Å². The lowest BCUT2D eigenvalue weighted by Gasteiger charge is -2.25. The van der Waals surface area contributed by atoms with Gasteiger partial charge in [-0.3, -0.25) is 14.4 Å². The molecule has 2 aliphatic carbocycles. The third-order valence-electron chi connectivity index (χ3n) is 9.88. The van der Waals surface area contributed by atoms with Crippen LogP contribution in [0.5, 0.6) is 11.5 Å². The topological polar surface area (TPSA) is 119 Å². The smallest absolute Gasteiger partial charge is 0.310 e. The van der Waals surface area contributed by atoms with E-state index in [2.05, 4.69) is 10.7 Å². The van der Waals surface area contributed by atoms with Crippen LogP contribution in [0.15, 0.2) is 41.5 Å². The van der Waals surface area contributed by atoms with Gasteiger partial charge in [-0.1, -0.05) is 13.8 Å². The molecule has 2 saturated carbocycles. The number of carboxylic acid groups (broad SMARTS) is 1. The van der Waals surface area contributed by atoms with Crippen molar-refractivity contribution in [1.29, 1.82) is 0 Å². The van der Waals surface area contributed by atoms with E-state index in [1.54, 1.807) is 30.2 Å². The number of aliphatic carboxylic acids is 1. The lowest BCUT2D eigenvalue weighted by atomic mass is 9.84. The van der Waals surface area contributed by atoms with E-state index in [-0.39, 0.29) is 54.1 Å². The average molecular weight is 662 g/mol. The standard InChI is InChI=1S/C36H40FN3O6S/c1-20(2)27-19-47-33(39-27)26-16-30(23-11-12-29(45-4)31(37)32(23)38-26)46-22-14-24-25(15-22)34(42)40(3)13-9-7-5-6-8-10-21-17-36(21,35(43)44)18-28(24)41/h6,10-12,16,19-22,24-25H,5,7,9,13-15,17-18H2,1-4H3,(H,43,44)/t8?,21-,22-,24-,25-,36-/m1/s1. The molecule has 1 amide bonds. The number of hydrogen-bond acceptors (Lipinski definition) is 8. The summed E-state index contributed by atoms with van der Waals surface area (Å²) in [6, 6.07) is 4.95. The monoisotopic (exact) mass is 661 g/mol. The Kier molecular flexibility index (Phi) is 9.23. The molecule has 0 unspecified atom stereocenters. The van der Waals surface area contributed by atoms with Gasteiger partial charge in [0.2, 0.25) is 5.91 Å². The van der Waals surface area contributed by atoms with Gasteiger partial charge in [-0.15, -0.1) is 17.1 Å². The fraction of sp³-hybridized carbons (Fsp3) is 0.500. The van der Waals surface area contributed by atoms with Gasteiger partial charge in [0.15, 0.2) is 11.6 Å². The molecule has 0 radical (unpaired) electrons. The highest BCUT2D eigenvalue weighted by Gasteiger charge is 2.61. The molecule has 3 aliphatic rings. The van der Waals surface area contributed by atoms with E-state index in [0.29, 0.717) is 34.8 Å². The molecule has 248 valence electrons. The normalized spacial score (nSPS) is 26.6. The maximum absolute atomic E-state index is 15.6. The zero-order chi connectivity index (χ0) is 33.5. The number of methoxy groups -OCH3 is 1. The molecular weight excluding hydrogens is 621 g/mol. The van der Waals surface area contributed by atoms with Crippen molar-refractivity contribution in [3.63, 3.8) is 0 Å². The Balaban J connectivity index is 1.35. The van der Waals surface area contributed by atoms with Crippen LogP contribution < -0.4 is 9.47 Å². The summed E-state index contributed by atoms with van der Waals surface area (Å²) in [4.78, 5) is 51.2. The van der Waals surface area contributed by atoms with E-state index in [4.69, 9.17) is 14.5 Å². The molecule has 1 aliphatic heterocycles. The van der Waals surface area contributed by atoms with Gasteiger partial charge >= 0.3 is 5.97 Å². The highest BCUT2D eigenvalue weighted by atomic mass is 32.1. The molecule has 0 saturated heterocycles. The van der Waals surface area contributed by atoms with Gasteiger partial charge in [-0.05, 0) is 68.7 Å². The number of aromatic nitrogens is 2. The molecular formula is C36H40FN3O6S. The van der Waals surface area contributed by atoms with E-state index in [9.17, 15) is 19.5 Å². The van der Waals surface area contributed by atoms with Crippen LogP contribution in [0.3, 0.4) is 0 Å². The molecule has 47 heavy (non-hydrogen) atoms. The summed E-state index contributed by atoms with van der Waals surface area (Å²) in [7, 11) is 3.14. The van der Waals surface area contributed by atoms with Crippen LogP contribution in [-0.2, 0) is 14.4 Å². The summed E-state index contributed by atoms with van der Waals surface area (Å²) in [5.74, 6) is -3.01. The van der Waals surface area contributed by atoms with Crippen LogP contribution in [0.1, 0.15) is 70.4 Å². The number of Topliss-reactive ketones (excluding diaryl/α,β-unsaturated/α-hetero) is 1. The van der Waals surface area contributed by atoms with Gasteiger partial charge in [0.25, 0.3) is 0 Å². The van der Waals surface area contributed by atoms with Crippen LogP contribution >= 0.6 is 11.3 Å². The predicted octanol–water partition coefficient (Wildman–Crippen LogP) is 6.81. The van der Waals surface area contributed by atoms with E-state index < -0.39 is 35.1 Å². The van der Waals surface area contributed by atoms with Crippen LogP contribution in [0, 0.1) is 29.0 Å². The number of rotatable bonds is 6. The number of carbonyl (C=O) groups excluding carboxylic acids is 2. The van der Waals surface area contributed by atoms with Crippen molar-refractivity contribution in [2.45, 2.75) is 70.8 Å². The van der Waals surface area contributed by atoms with Crippen LogP contribution in [0.4, 0.5) is 4.39 Å². The minimum absolute atomic E-state index is 0.0473. The third kappa shape index (κ3) is 6.43. The Morgan fingerprint density at radius 2 is 1.96 bits per heavy atom. The SMILES string of the molecule is COc1ccc2c(O[C@@H]3C[C@H]4C(=O)C[C@]5(C(=O)O)C[C@H]5C=C=CCCCCN(C)C(=O)[C@@H]4C3)cc(-c3nc(C(C)C)cs3)nc2c1F. The van der Waals surface area contributed by atoms with Crippen molar-refractivity contribution >= 4 is 39.9 Å². The minimum atomic E-state index is -1.17. The number of benzene rings is 1. The molecule has 0 spiro atoms. The van der Waals surface area contributed by atoms with Crippen molar-refractivity contribution in [1.82, 2.24) is 14.9 Å². The van der Waals surface area contributed by atoms with Gasteiger partial charge < -0.3 is 19.5 Å². The Labute approximate surface area is 277 Å². The first-order chi connectivity index (χ1) is 22.5. The van der Waals surface area contributed by atoms with Crippen molar-refractivity contribution in [3.05, 3.63) is 53.0 Å². The number of nitrogens with zero attached hydrogens (tertiary/aromatic N) is 3. The molecule has 1 N–H and O–H groups in total. The lowest BCUT2D eigenvalue weighted by Crippen LogP contribution is -2.38. The maximum atomic E-state index is 15.6. The number of allylic oxidation sites excluding steroid dienone is 1. The first kappa shape index (κ1) is 32.8. The molecule has 1 aromatic carbocycles. The van der Waals surface area contributed by atoms with Gasteiger partial charge in [-0.2, -0.15) is 0 Å². The van der Waals surface area contributed by atoms with E-state index in [0.717, 1.165) is 25.0 Å². The number of pyridine rings is 1. The fourth-order valence-electron chi connectivity index (χ4n) is 6.91. The highest BCUT2D eigenvalue weighted by molar-refractivity contribution is 7.13. The van der Waals surface area contributed by atoms with Crippen molar-refractivity contribution < 1.29 is 33.4 Å². The molecule has 3 aromatic rings. The first-order valence-electron chi connectivity index (χ1n) is 16.2. The number of ketones is 1. The Morgan fingerprint density at radius 3 is 2.68 bits per heavy atom. The second-order valence-corrected chi connectivity index (χ2v) is 14.2. The molecule has 2 fully saturated rings. The van der Waals surface area contributed by atoms with Crippen molar-refractivity contribution in [2.75, 3.05) is 20.7 Å². The molecule has 3 heterocycles. The Morgan fingerprint density at radius 1 is 1.17 bits per heavy atom. The molecule has 2 aromatic heterocycles. The largest absolute Gasteiger partial charge is 0.494 e. The Bertz CT molecular complexity index is 1780. The zero-order valence-corrected chi connectivity index (χ0v) is 27.9. The van der Waals surface area contributed by atoms with Gasteiger partial charge in [0.05, 0.1) is 24.1 Å². The average Bonchev–Trinajstić information content (AvgIpc) is 3.35. The van der Waals surface area contributed by atoms with E-state index in [1.165, 1.54) is 24.5 Å².